The van der Waals surface area contributed by atoms with Crippen LogP contribution in [0.5, 0.6) is 0 Å². The Morgan fingerprint density at radius 2 is 2.23 bits per heavy atom. The van der Waals surface area contributed by atoms with Crippen molar-refractivity contribution in [3.63, 3.8) is 0 Å². The van der Waals surface area contributed by atoms with Gasteiger partial charge in [-0.25, -0.2) is 0 Å². The second-order valence-electron chi connectivity index (χ2n) is 2.07. The fourth-order valence-corrected chi connectivity index (χ4v) is 1.23. The zero-order valence-corrected chi connectivity index (χ0v) is 8.37. The number of rotatable bonds is 2. The van der Waals surface area contributed by atoms with Crippen LogP contribution >= 0.6 is 27.5 Å². The SMILES string of the molecule is O=C(Cl)c1cc(Br)nc([N+](=O)[O-])c1. The fraction of sp³-hybridized carbons (Fsp3) is 0. The van der Waals surface area contributed by atoms with Gasteiger partial charge in [0.1, 0.15) is 0 Å². The van der Waals surface area contributed by atoms with Gasteiger partial charge in [-0.15, -0.1) is 0 Å². The standard InChI is InChI=1S/C6H2BrClN2O3/c7-4-1-3(6(8)11)2-5(9-4)10(12)13/h1-2H. The Labute approximate surface area is 86.0 Å². The Morgan fingerprint density at radius 1 is 1.62 bits per heavy atom. The minimum absolute atomic E-state index is 0.0373. The van der Waals surface area contributed by atoms with Crippen LogP contribution in [-0.4, -0.2) is 15.1 Å². The van der Waals surface area contributed by atoms with Gasteiger partial charge in [0.25, 0.3) is 5.24 Å². The van der Waals surface area contributed by atoms with E-state index in [0.717, 1.165) is 6.07 Å². The number of hydrogen-bond donors (Lipinski definition) is 0. The van der Waals surface area contributed by atoms with Crippen molar-refractivity contribution in [2.45, 2.75) is 0 Å². The molecule has 0 atom stereocenters. The second kappa shape index (κ2) is 3.80. The van der Waals surface area contributed by atoms with E-state index in [9.17, 15) is 14.9 Å². The number of carbonyl (C=O) groups excluding carboxylic acids is 1. The molecule has 0 saturated carbocycles. The lowest BCUT2D eigenvalue weighted by atomic mass is 10.3. The van der Waals surface area contributed by atoms with E-state index in [2.05, 4.69) is 20.9 Å². The lowest BCUT2D eigenvalue weighted by molar-refractivity contribution is -0.389. The lowest BCUT2D eigenvalue weighted by Crippen LogP contribution is -1.96. The minimum Gasteiger partial charge on any atom is -0.358 e. The second-order valence-corrected chi connectivity index (χ2v) is 3.22. The molecule has 0 amide bonds. The van der Waals surface area contributed by atoms with Gasteiger partial charge in [0.2, 0.25) is 4.60 Å². The van der Waals surface area contributed by atoms with Gasteiger partial charge in [-0.1, -0.05) is 0 Å². The van der Waals surface area contributed by atoms with Crippen LogP contribution in [0.1, 0.15) is 10.4 Å². The molecule has 68 valence electrons. The van der Waals surface area contributed by atoms with Gasteiger partial charge in [0.15, 0.2) is 0 Å². The third-order valence-corrected chi connectivity index (χ3v) is 1.82. The van der Waals surface area contributed by atoms with E-state index in [-0.39, 0.29) is 10.2 Å². The highest BCUT2D eigenvalue weighted by Gasteiger charge is 2.14. The smallest absolute Gasteiger partial charge is 0.358 e. The Kier molecular flexibility index (Phi) is 2.94. The summed E-state index contributed by atoms with van der Waals surface area (Å²) in [4.78, 5) is 23.8. The summed E-state index contributed by atoms with van der Waals surface area (Å²) in [6.07, 6.45) is 0. The molecule has 1 rings (SSSR count). The molecule has 0 radical (unpaired) electrons. The van der Waals surface area contributed by atoms with Gasteiger partial charge in [-0.05, 0) is 21.5 Å². The van der Waals surface area contributed by atoms with Crippen LogP contribution in [0.25, 0.3) is 0 Å². The number of nitro groups is 1. The first kappa shape index (κ1) is 10.1. The fourth-order valence-electron chi connectivity index (χ4n) is 0.690. The van der Waals surface area contributed by atoms with Crippen molar-refractivity contribution in [3.05, 3.63) is 32.4 Å². The van der Waals surface area contributed by atoms with Gasteiger partial charge in [0, 0.05) is 33.6 Å². The summed E-state index contributed by atoms with van der Waals surface area (Å²) in [5, 5.41) is 9.54. The molecule has 1 aromatic rings. The summed E-state index contributed by atoms with van der Waals surface area (Å²) >= 11 is 8.06. The van der Waals surface area contributed by atoms with E-state index in [1.54, 1.807) is 0 Å². The summed E-state index contributed by atoms with van der Waals surface area (Å²) in [6, 6.07) is 2.32. The molecule has 1 heterocycles. The topological polar surface area (TPSA) is 73.1 Å². The largest absolute Gasteiger partial charge is 0.365 e. The number of hydrogen-bond acceptors (Lipinski definition) is 4. The molecule has 13 heavy (non-hydrogen) atoms. The maximum atomic E-state index is 10.7. The molecule has 0 unspecified atom stereocenters. The number of carbonyl (C=O) groups is 1. The van der Waals surface area contributed by atoms with E-state index in [4.69, 9.17) is 11.6 Å². The molecule has 0 spiro atoms. The summed E-state index contributed by atoms with van der Waals surface area (Å²) in [5.41, 5.74) is 0.0373. The molecule has 1 aromatic heterocycles. The summed E-state index contributed by atoms with van der Waals surface area (Å²) in [7, 11) is 0. The Morgan fingerprint density at radius 3 is 2.69 bits per heavy atom. The molecule has 0 saturated heterocycles. The maximum Gasteiger partial charge on any atom is 0.365 e. The van der Waals surface area contributed by atoms with E-state index < -0.39 is 16.0 Å². The molecule has 0 N–H and O–H groups in total. The molecular formula is C6H2BrClN2O3. The first-order valence-electron chi connectivity index (χ1n) is 3.02. The van der Waals surface area contributed by atoms with Crippen molar-refractivity contribution >= 4 is 38.6 Å². The zero-order valence-electron chi connectivity index (χ0n) is 6.03. The van der Waals surface area contributed by atoms with E-state index in [0.29, 0.717) is 0 Å². The van der Waals surface area contributed by atoms with Crippen molar-refractivity contribution in [1.29, 1.82) is 0 Å². The summed E-state index contributed by atoms with van der Waals surface area (Å²) in [6.45, 7) is 0. The zero-order chi connectivity index (χ0) is 10.0. The van der Waals surface area contributed by atoms with Crippen molar-refractivity contribution in [3.8, 4) is 0 Å². The van der Waals surface area contributed by atoms with Crippen molar-refractivity contribution in [2.24, 2.45) is 0 Å². The van der Waals surface area contributed by atoms with Crippen LogP contribution in [-0.2, 0) is 0 Å². The highest BCUT2D eigenvalue weighted by atomic mass is 79.9. The number of nitrogens with zero attached hydrogens (tertiary/aromatic N) is 2. The lowest BCUT2D eigenvalue weighted by Gasteiger charge is -1.94. The van der Waals surface area contributed by atoms with Gasteiger partial charge in [-0.3, -0.25) is 4.79 Å². The van der Waals surface area contributed by atoms with Crippen LogP contribution in [0.15, 0.2) is 16.7 Å². The summed E-state index contributed by atoms with van der Waals surface area (Å²) in [5.74, 6) is -0.418. The van der Waals surface area contributed by atoms with Crippen LogP contribution in [0.4, 0.5) is 5.82 Å². The first-order valence-corrected chi connectivity index (χ1v) is 4.19. The molecule has 0 fully saturated rings. The minimum atomic E-state index is -0.758. The highest BCUT2D eigenvalue weighted by molar-refractivity contribution is 9.10. The van der Waals surface area contributed by atoms with Gasteiger partial charge in [-0.2, -0.15) is 0 Å². The molecule has 0 aromatic carbocycles. The van der Waals surface area contributed by atoms with Crippen molar-refractivity contribution in [1.82, 2.24) is 4.98 Å². The molecule has 0 aliphatic heterocycles. The van der Waals surface area contributed by atoms with Crippen molar-refractivity contribution in [2.75, 3.05) is 0 Å². The first-order chi connectivity index (χ1) is 6.00. The van der Waals surface area contributed by atoms with Crippen LogP contribution in [0.2, 0.25) is 0 Å². The molecule has 0 aliphatic rings. The Bertz CT molecular complexity index is 350. The Hall–Kier alpha value is -1.01. The van der Waals surface area contributed by atoms with Crippen molar-refractivity contribution < 1.29 is 9.72 Å². The molecular weight excluding hydrogens is 263 g/mol. The van der Waals surface area contributed by atoms with E-state index in [1.165, 1.54) is 6.07 Å². The predicted octanol–water partition coefficient (Wildman–Crippen LogP) is 2.13. The molecule has 7 heteroatoms. The van der Waals surface area contributed by atoms with Gasteiger partial charge >= 0.3 is 5.82 Å². The molecule has 0 bridgehead atoms. The number of aromatic nitrogens is 1. The normalized spacial score (nSPS) is 9.69. The van der Waals surface area contributed by atoms with Crippen LogP contribution in [0, 0.1) is 10.1 Å². The van der Waals surface area contributed by atoms with Gasteiger partial charge in [0.05, 0.1) is 0 Å². The third-order valence-electron chi connectivity index (χ3n) is 1.19. The maximum absolute atomic E-state index is 10.7. The number of halogens is 2. The average molecular weight is 265 g/mol. The van der Waals surface area contributed by atoms with Crippen LogP contribution < -0.4 is 0 Å². The Balaban J connectivity index is 3.26. The predicted molar refractivity (Wildman–Crippen MR) is 48.8 cm³/mol. The molecule has 0 aliphatic carbocycles. The molecule has 5 nitrogen and oxygen atoms in total. The monoisotopic (exact) mass is 264 g/mol. The van der Waals surface area contributed by atoms with Crippen LogP contribution in [0.3, 0.4) is 0 Å². The average Bonchev–Trinajstić information content (AvgIpc) is 2.03. The summed E-state index contributed by atoms with van der Waals surface area (Å²) < 4.78 is 0.200. The van der Waals surface area contributed by atoms with E-state index >= 15 is 0 Å². The number of pyridine rings is 1. The third kappa shape index (κ3) is 2.46. The quantitative estimate of drug-likeness (QED) is 0.355. The van der Waals surface area contributed by atoms with Gasteiger partial charge < -0.3 is 10.1 Å². The highest BCUT2D eigenvalue weighted by Crippen LogP contribution is 2.17. The van der Waals surface area contributed by atoms with E-state index in [1.807, 2.05) is 0 Å².